The summed E-state index contributed by atoms with van der Waals surface area (Å²) in [5.41, 5.74) is 19.2. The van der Waals surface area contributed by atoms with Gasteiger partial charge in [-0.05, 0) is 0 Å². The zero-order valence-corrected chi connectivity index (χ0v) is 22.5. The van der Waals surface area contributed by atoms with E-state index >= 15 is 0 Å². The minimum Gasteiger partial charge on any atom is -0.391 e. The molecule has 0 aromatic heterocycles. The molecular formula is C16H30O7Si4. The molecule has 152 valence electrons. The Morgan fingerprint density at radius 1 is 0.519 bits per heavy atom. The first kappa shape index (κ1) is 26.3. The minimum atomic E-state index is -2.86. The standard InChI is InChI=1S/C16H30O7Si4/c1-17-14(18-2)24-8-11-27(23-7,12-9-25-15(19-3)20-4)13-10-26-16(21-5)22-6/h14-16H,24-26H2,1-7H3. The lowest BCUT2D eigenvalue weighted by molar-refractivity contribution is -0.0429. The van der Waals surface area contributed by atoms with E-state index in [-0.39, 0.29) is 17.7 Å². The third-order valence-corrected chi connectivity index (χ3v) is 10.9. The van der Waals surface area contributed by atoms with Crippen LogP contribution in [0.3, 0.4) is 0 Å². The topological polar surface area (TPSA) is 64.6 Å². The van der Waals surface area contributed by atoms with Gasteiger partial charge in [-0.25, -0.2) is 0 Å². The average Bonchev–Trinajstić information content (AvgIpc) is 2.71. The zero-order chi connectivity index (χ0) is 20.5. The van der Waals surface area contributed by atoms with Gasteiger partial charge in [-0.1, -0.05) is 16.6 Å². The van der Waals surface area contributed by atoms with Crippen molar-refractivity contribution in [3.8, 4) is 33.3 Å². The summed E-state index contributed by atoms with van der Waals surface area (Å²) >= 11 is 0. The number of ether oxygens (including phenoxy) is 6. The Hall–Kier alpha value is -0.732. The SMILES string of the molecule is COC(OC)[SiH2]C#C[Si](C#C[SiH2]C(OC)OC)(C#C[SiH2]C(OC)OC)OC. The van der Waals surface area contributed by atoms with Gasteiger partial charge >= 0.3 is 8.32 Å². The average molecular weight is 447 g/mol. The van der Waals surface area contributed by atoms with Crippen LogP contribution in [0.5, 0.6) is 0 Å². The van der Waals surface area contributed by atoms with Gasteiger partial charge in [0, 0.05) is 49.8 Å². The molecule has 0 aliphatic heterocycles. The van der Waals surface area contributed by atoms with E-state index in [0.717, 1.165) is 0 Å². The van der Waals surface area contributed by atoms with E-state index in [1.54, 1.807) is 49.8 Å². The summed E-state index contributed by atoms with van der Waals surface area (Å²) in [5.74, 6) is -0.782. The number of hydrogen-bond donors (Lipinski definition) is 0. The molecule has 0 atom stereocenters. The van der Waals surface area contributed by atoms with Crippen LogP contribution in [0, 0.1) is 33.3 Å². The van der Waals surface area contributed by atoms with E-state index in [1.807, 2.05) is 0 Å². The van der Waals surface area contributed by atoms with Crippen LogP contribution in [0.25, 0.3) is 0 Å². The summed E-state index contributed by atoms with van der Waals surface area (Å²) in [7, 11) is 5.60. The number of hydrogen-bond acceptors (Lipinski definition) is 7. The molecule has 7 nitrogen and oxygen atoms in total. The van der Waals surface area contributed by atoms with Gasteiger partial charge in [0.2, 0.25) is 0 Å². The molecule has 0 saturated heterocycles. The van der Waals surface area contributed by atoms with Gasteiger partial charge < -0.3 is 32.8 Å². The van der Waals surface area contributed by atoms with Gasteiger partial charge in [0.1, 0.15) is 17.7 Å². The van der Waals surface area contributed by atoms with Crippen LogP contribution in [0.1, 0.15) is 0 Å². The van der Waals surface area contributed by atoms with Crippen molar-refractivity contribution in [1.82, 2.24) is 0 Å². The van der Waals surface area contributed by atoms with Crippen molar-refractivity contribution in [2.24, 2.45) is 0 Å². The highest BCUT2D eigenvalue weighted by Gasteiger charge is 2.28. The molecule has 0 radical (unpaired) electrons. The molecule has 0 fully saturated rings. The molecule has 27 heavy (non-hydrogen) atoms. The number of methoxy groups -OCH3 is 6. The summed E-state index contributed by atoms with van der Waals surface area (Å²) in [6, 6.07) is 0. The molecule has 0 amide bonds. The fourth-order valence-corrected chi connectivity index (χ4v) is 8.02. The summed E-state index contributed by atoms with van der Waals surface area (Å²) in [4.78, 5) is 0. The van der Waals surface area contributed by atoms with Crippen molar-refractivity contribution < 1.29 is 32.8 Å². The van der Waals surface area contributed by atoms with Gasteiger partial charge in [-0.3, -0.25) is 0 Å². The molecule has 0 heterocycles. The Labute approximate surface area is 170 Å². The van der Waals surface area contributed by atoms with Crippen LogP contribution >= 0.6 is 0 Å². The lowest BCUT2D eigenvalue weighted by atomic mass is 11.3. The second kappa shape index (κ2) is 16.2. The van der Waals surface area contributed by atoms with Gasteiger partial charge in [0.25, 0.3) is 0 Å². The Morgan fingerprint density at radius 3 is 0.963 bits per heavy atom. The third kappa shape index (κ3) is 11.0. The maximum Gasteiger partial charge on any atom is 0.434 e. The molecule has 11 heteroatoms. The quantitative estimate of drug-likeness (QED) is 0.206. The minimum absolute atomic E-state index is 0.261. The molecule has 0 aliphatic carbocycles. The zero-order valence-electron chi connectivity index (χ0n) is 17.2. The Morgan fingerprint density at radius 2 is 0.778 bits per heavy atom. The second-order valence-corrected chi connectivity index (χ2v) is 11.9. The van der Waals surface area contributed by atoms with Crippen molar-refractivity contribution in [3.05, 3.63) is 0 Å². The molecule has 0 rings (SSSR count). The summed E-state index contributed by atoms with van der Waals surface area (Å²) < 4.78 is 37.0. The number of rotatable bonds is 10. The normalized spacial score (nSPS) is 14.0. The largest absolute Gasteiger partial charge is 0.434 e. The molecule has 0 aromatic rings. The molecule has 0 bridgehead atoms. The first-order chi connectivity index (χ1) is 13.0. The molecule has 0 aromatic carbocycles. The van der Waals surface area contributed by atoms with E-state index in [2.05, 4.69) is 33.3 Å². The van der Waals surface area contributed by atoms with Gasteiger partial charge in [-0.15, -0.1) is 16.6 Å². The molecular weight excluding hydrogens is 417 g/mol. The highest BCUT2D eigenvalue weighted by Crippen LogP contribution is 2.00. The van der Waals surface area contributed by atoms with E-state index in [0.29, 0.717) is 0 Å². The van der Waals surface area contributed by atoms with Crippen molar-refractivity contribution in [1.29, 1.82) is 0 Å². The van der Waals surface area contributed by atoms with Gasteiger partial charge in [0.15, 0.2) is 28.6 Å². The fraction of sp³-hybridized carbons (Fsp3) is 0.625. The van der Waals surface area contributed by atoms with Gasteiger partial charge in [0.05, 0.1) is 0 Å². The van der Waals surface area contributed by atoms with Crippen LogP contribution < -0.4 is 0 Å². The van der Waals surface area contributed by atoms with E-state index in [9.17, 15) is 0 Å². The van der Waals surface area contributed by atoms with E-state index in [1.165, 1.54) is 0 Å². The molecule has 0 N–H and O–H groups in total. The second-order valence-electron chi connectivity index (χ2n) is 5.11. The van der Waals surface area contributed by atoms with Crippen LogP contribution in [0.4, 0.5) is 0 Å². The van der Waals surface area contributed by atoms with Crippen LogP contribution in [0.2, 0.25) is 0 Å². The summed E-state index contributed by atoms with van der Waals surface area (Å²) in [5, 5.41) is 0. The highest BCUT2D eigenvalue weighted by molar-refractivity contribution is 6.97. The Bertz CT molecular complexity index is 494. The first-order valence-corrected chi connectivity index (χ1v) is 14.7. The Balaban J connectivity index is 5.52. The van der Waals surface area contributed by atoms with Gasteiger partial charge in [-0.2, -0.15) is 0 Å². The monoisotopic (exact) mass is 446 g/mol. The highest BCUT2D eigenvalue weighted by atomic mass is 28.4. The van der Waals surface area contributed by atoms with Crippen molar-refractivity contribution in [3.63, 3.8) is 0 Å². The van der Waals surface area contributed by atoms with Crippen LogP contribution in [-0.4, -0.2) is 104 Å². The van der Waals surface area contributed by atoms with E-state index < -0.39 is 36.9 Å². The summed E-state index contributed by atoms with van der Waals surface area (Å²) in [6.45, 7) is 0. The van der Waals surface area contributed by atoms with Crippen molar-refractivity contribution >= 4 is 36.9 Å². The first-order valence-electron chi connectivity index (χ1n) is 8.26. The molecule has 0 unspecified atom stereocenters. The Kier molecular flexibility index (Phi) is 15.8. The lowest BCUT2D eigenvalue weighted by Crippen LogP contribution is -2.35. The van der Waals surface area contributed by atoms with Crippen molar-refractivity contribution in [2.75, 3.05) is 49.8 Å². The van der Waals surface area contributed by atoms with E-state index in [4.69, 9.17) is 32.8 Å². The maximum atomic E-state index is 5.73. The lowest BCUT2D eigenvalue weighted by Gasteiger charge is -2.13. The third-order valence-electron chi connectivity index (χ3n) is 3.48. The molecule has 0 aliphatic rings. The van der Waals surface area contributed by atoms with Crippen LogP contribution in [0.15, 0.2) is 0 Å². The smallest absolute Gasteiger partial charge is 0.391 e. The predicted octanol–water partition coefficient (Wildman–Crippen LogP) is -2.69. The van der Waals surface area contributed by atoms with Crippen molar-refractivity contribution in [2.45, 2.75) is 17.7 Å². The summed E-state index contributed by atoms with van der Waals surface area (Å²) in [6.07, 6.45) is 0. The predicted molar refractivity (Wildman–Crippen MR) is 115 cm³/mol. The maximum absolute atomic E-state index is 5.73. The fourth-order valence-electron chi connectivity index (χ4n) is 1.81. The molecule has 0 saturated carbocycles. The molecule has 0 spiro atoms. The van der Waals surface area contributed by atoms with Crippen LogP contribution in [-0.2, 0) is 32.8 Å².